The Kier molecular flexibility index (Phi) is 14.8. The predicted octanol–water partition coefficient (Wildman–Crippen LogP) is 7.22. The lowest BCUT2D eigenvalue weighted by Crippen LogP contribution is -2.34. The van der Waals surface area contributed by atoms with Crippen LogP contribution in [0.3, 0.4) is 0 Å². The first kappa shape index (κ1) is 28.6. The molecule has 0 spiro atoms. The molecule has 0 saturated heterocycles. The predicted molar refractivity (Wildman–Crippen MR) is 131 cm³/mol. The molecular formula is C22H49O3PSSi. The Morgan fingerprint density at radius 1 is 0.821 bits per heavy atom. The van der Waals surface area contributed by atoms with Gasteiger partial charge >= 0.3 is 0 Å². The molecule has 0 aliphatic carbocycles. The maximum atomic E-state index is 11.0. The van der Waals surface area contributed by atoms with Crippen molar-refractivity contribution < 1.29 is 13.0 Å². The van der Waals surface area contributed by atoms with Crippen LogP contribution in [0.2, 0.25) is 25.2 Å². The van der Waals surface area contributed by atoms with Gasteiger partial charge in [-0.25, -0.2) is 8.42 Å². The van der Waals surface area contributed by atoms with Crippen LogP contribution in [0.25, 0.3) is 0 Å². The minimum atomic E-state index is -4.07. The summed E-state index contributed by atoms with van der Waals surface area (Å²) in [6.45, 7) is 14.2. The number of hydrogen-bond acceptors (Lipinski definition) is 3. The van der Waals surface area contributed by atoms with Gasteiger partial charge in [0.15, 0.2) is 0 Å². The van der Waals surface area contributed by atoms with Gasteiger partial charge in [0, 0.05) is 13.0 Å². The highest BCUT2D eigenvalue weighted by atomic mass is 32.2. The summed E-state index contributed by atoms with van der Waals surface area (Å²) in [7, 11) is -6.56. The molecular weight excluding hydrogens is 403 g/mol. The molecule has 0 aliphatic heterocycles. The second-order valence-corrected chi connectivity index (χ2v) is 20.9. The number of rotatable bonds is 18. The number of unbranched alkanes of at least 4 members (excludes halogenated alkanes) is 3. The average Bonchev–Trinajstić information content (AvgIpc) is 2.59. The summed E-state index contributed by atoms with van der Waals surface area (Å²) in [5, 5.41) is 0. The molecule has 0 radical (unpaired) electrons. The maximum absolute atomic E-state index is 11.0. The van der Waals surface area contributed by atoms with Crippen LogP contribution in [-0.2, 0) is 10.1 Å². The molecule has 170 valence electrons. The Morgan fingerprint density at radius 2 is 1.29 bits per heavy atom. The molecule has 0 aromatic rings. The first-order valence-corrected chi connectivity index (χ1v) is 19.3. The fourth-order valence-corrected chi connectivity index (χ4v) is 16.7. The Balaban J connectivity index is 5.47. The van der Waals surface area contributed by atoms with Crippen molar-refractivity contribution in [3.05, 3.63) is 0 Å². The highest BCUT2D eigenvalue weighted by Crippen LogP contribution is 2.67. The van der Waals surface area contributed by atoms with Gasteiger partial charge < -0.3 is 4.55 Å². The third-order valence-corrected chi connectivity index (χ3v) is 16.4. The zero-order chi connectivity index (χ0) is 21.7. The molecule has 0 heterocycles. The molecule has 0 aromatic carbocycles. The van der Waals surface area contributed by atoms with E-state index in [1.165, 1.54) is 75.9 Å². The molecule has 0 saturated carbocycles. The van der Waals surface area contributed by atoms with Crippen molar-refractivity contribution >= 4 is 25.5 Å². The van der Waals surface area contributed by atoms with Gasteiger partial charge in [-0.1, -0.05) is 72.5 Å². The lowest BCUT2D eigenvalue weighted by atomic mass is 10.3. The SMILES string of the molecule is CCCC[P+](CCCC)(CCCC)C(CCC)C[Si](C)(C)CCCS(=O)(=O)[O-]. The third-order valence-electron chi connectivity index (χ3n) is 6.30. The summed E-state index contributed by atoms with van der Waals surface area (Å²) < 4.78 is 33.1. The fourth-order valence-electron chi connectivity index (χ4n) is 4.67. The normalized spacial score (nSPS) is 14.4. The molecule has 0 bridgehead atoms. The number of hydrogen-bond donors (Lipinski definition) is 0. The van der Waals surface area contributed by atoms with Gasteiger partial charge in [0.2, 0.25) is 0 Å². The largest absolute Gasteiger partial charge is 0.748 e. The van der Waals surface area contributed by atoms with Crippen molar-refractivity contribution in [3.8, 4) is 0 Å². The van der Waals surface area contributed by atoms with E-state index in [0.717, 1.165) is 11.7 Å². The van der Waals surface area contributed by atoms with Gasteiger partial charge in [-0.15, -0.1) is 0 Å². The summed E-state index contributed by atoms with van der Waals surface area (Å²) in [5.41, 5.74) is 0.868. The standard InChI is InChI=1S/C22H49O3PSSi/c1-7-11-16-26(17-12-8-2,18-13-9-3)22(15-10-4)21-28(5,6)20-14-19-27(23,24)25/h22H,7-21H2,1-6H3. The van der Waals surface area contributed by atoms with E-state index < -0.39 is 25.5 Å². The van der Waals surface area contributed by atoms with Gasteiger partial charge in [-0.3, -0.25) is 0 Å². The van der Waals surface area contributed by atoms with Gasteiger partial charge in [-0.2, -0.15) is 0 Å². The lowest BCUT2D eigenvalue weighted by Gasteiger charge is -2.39. The molecule has 0 N–H and O–H groups in total. The quantitative estimate of drug-likeness (QED) is 0.125. The van der Waals surface area contributed by atoms with E-state index in [2.05, 4.69) is 40.8 Å². The minimum Gasteiger partial charge on any atom is -0.748 e. The van der Waals surface area contributed by atoms with Crippen LogP contribution in [0.4, 0.5) is 0 Å². The van der Waals surface area contributed by atoms with Crippen molar-refractivity contribution in [2.45, 2.75) is 116 Å². The van der Waals surface area contributed by atoms with Gasteiger partial charge in [0.1, 0.15) is 0 Å². The first-order valence-electron chi connectivity index (χ1n) is 11.8. The summed E-state index contributed by atoms with van der Waals surface area (Å²) in [6, 6.07) is 2.31. The Hall–Kier alpha value is 0.557. The topological polar surface area (TPSA) is 57.2 Å². The van der Waals surface area contributed by atoms with Crippen molar-refractivity contribution in [2.24, 2.45) is 0 Å². The fraction of sp³-hybridized carbons (Fsp3) is 1.00. The van der Waals surface area contributed by atoms with Crippen molar-refractivity contribution in [1.82, 2.24) is 0 Å². The summed E-state index contributed by atoms with van der Waals surface area (Å²) in [4.78, 5) is 0. The smallest absolute Gasteiger partial charge is 0.0945 e. The van der Waals surface area contributed by atoms with E-state index in [1.54, 1.807) is 0 Å². The van der Waals surface area contributed by atoms with Gasteiger partial charge in [0.05, 0.1) is 42.3 Å². The van der Waals surface area contributed by atoms with E-state index in [0.29, 0.717) is 6.42 Å². The van der Waals surface area contributed by atoms with E-state index in [-0.39, 0.29) is 5.75 Å². The maximum Gasteiger partial charge on any atom is 0.0945 e. The van der Waals surface area contributed by atoms with Crippen molar-refractivity contribution in [1.29, 1.82) is 0 Å². The average molecular weight is 453 g/mol. The minimum absolute atomic E-state index is 0.177. The van der Waals surface area contributed by atoms with Crippen LogP contribution >= 0.6 is 7.26 Å². The molecule has 0 rings (SSSR count). The van der Waals surface area contributed by atoms with Crippen LogP contribution in [0, 0.1) is 0 Å². The van der Waals surface area contributed by atoms with Crippen LogP contribution < -0.4 is 0 Å². The Morgan fingerprint density at radius 3 is 1.64 bits per heavy atom. The molecule has 6 heteroatoms. The molecule has 0 fully saturated rings. The third kappa shape index (κ3) is 12.3. The molecule has 0 amide bonds. The van der Waals surface area contributed by atoms with E-state index in [1.807, 2.05) is 0 Å². The Labute approximate surface area is 178 Å². The monoisotopic (exact) mass is 452 g/mol. The summed E-state index contributed by atoms with van der Waals surface area (Å²) in [5.74, 6) is -0.177. The second kappa shape index (κ2) is 14.5. The zero-order valence-electron chi connectivity index (χ0n) is 19.8. The van der Waals surface area contributed by atoms with Gasteiger partial charge in [0.25, 0.3) is 0 Å². The van der Waals surface area contributed by atoms with Gasteiger partial charge in [-0.05, 0) is 38.1 Å². The first-order chi connectivity index (χ1) is 13.1. The van der Waals surface area contributed by atoms with Crippen LogP contribution in [0.5, 0.6) is 0 Å². The highest BCUT2D eigenvalue weighted by Gasteiger charge is 2.45. The molecule has 28 heavy (non-hydrogen) atoms. The molecule has 0 aromatic heterocycles. The zero-order valence-corrected chi connectivity index (χ0v) is 22.5. The summed E-state index contributed by atoms with van der Waals surface area (Å²) >= 11 is 0. The van der Waals surface area contributed by atoms with Crippen molar-refractivity contribution in [3.63, 3.8) is 0 Å². The van der Waals surface area contributed by atoms with Crippen molar-refractivity contribution in [2.75, 3.05) is 24.2 Å². The van der Waals surface area contributed by atoms with E-state index in [9.17, 15) is 13.0 Å². The molecule has 3 nitrogen and oxygen atoms in total. The van der Waals surface area contributed by atoms with Crippen LogP contribution in [0.15, 0.2) is 0 Å². The van der Waals surface area contributed by atoms with Crippen LogP contribution in [-0.4, -0.2) is 50.9 Å². The molecule has 0 aliphatic rings. The van der Waals surface area contributed by atoms with E-state index in [4.69, 9.17) is 0 Å². The molecule has 1 unspecified atom stereocenters. The summed E-state index contributed by atoms with van der Waals surface area (Å²) in [6.07, 6.45) is 15.6. The lowest BCUT2D eigenvalue weighted by molar-refractivity contribution is 0.462. The molecule has 1 atom stereocenters. The Bertz CT molecular complexity index is 472. The highest BCUT2D eigenvalue weighted by molar-refractivity contribution is 7.85. The van der Waals surface area contributed by atoms with E-state index >= 15 is 0 Å². The second-order valence-electron chi connectivity index (χ2n) is 9.63. The van der Waals surface area contributed by atoms with Crippen LogP contribution in [0.1, 0.15) is 85.5 Å².